The standard InChI is InChI=1S/CHN149/c2-1-4-6-8-10-12-14-16-18-20-22-24-26-28-30-32-34-36-38-40-42-44-46-48-50-52-54-56-58-60-62-64-66-68-70-72-74-76-78-80-82-84-86-88-90-92-94-96-98-100-102-104-106-108-110-112-114-116-118-120-122-124-126-128-130-132-134-136-138-140-142-144-146-148-150-149-147-145-143-141-139-137-135-133-131-129-127-125-123-121-119-117-115-113-111-109-107-105-103-101-99-97-95-93-91-89-87-85-83-81-79-77-75-73-71-69-67-65-63-61-59-57-55-53-51-49-47-45-43-41-39-37-35-33-31-29-27-25-23-21-19-17-15-13-11-9-7-5-3/h3H/b5-3?,6-4?,9-7+,10-8+,13-11+,14-12+,17-15+,18-16+,21-19+,22-20+,25-23+,26-24+,29-27+,30-28+,33-31+,34-32+,37-35+,38-36+,41-39+,42-40+,45-43+,46-44+,49-47+,50-48+,53-51+,54-52+,57-55+,58-56+,61-59+,62-60+,65-63+,66-64+,69-67+,70-68+,73-71+,74-72+,77-75+,78-76+,81-79+,82-80+,85-83+,86-84+,89-87+,90-88+,93-91+,94-92+,97-95+,98-96+,101-99+,102-100+,105-103+,106-104+,109-107+,110-108+,113-111+,114-112+,117-115+,118-116+,121-119+,122-120+,125-123+,126-124+,129-127+,130-128+,133-131+,134-132+,137-135+,138-136+,141-139+,142-140+,145-143+,146-144+,149-147+,150-148+. The van der Waals surface area contributed by atoms with Crippen molar-refractivity contribution in [3.63, 3.8) is 0 Å². The predicted molar refractivity (Wildman–Crippen MR) is 365 cm³/mol. The minimum atomic E-state index is 1.31. The molecule has 150 heavy (non-hydrogen) atoms. The van der Waals surface area contributed by atoms with Gasteiger partial charge in [-0.3, -0.25) is 0 Å². The van der Waals surface area contributed by atoms with Gasteiger partial charge in [-0.2, -0.15) is 10.8 Å². The first-order valence-corrected chi connectivity index (χ1v) is 29.9. The molecular weight excluding hydrogens is 2100 g/mol. The van der Waals surface area contributed by atoms with Crippen LogP contribution in [0.1, 0.15) is 0 Å². The highest BCUT2D eigenvalue weighted by atomic mass is 15.9. The van der Waals surface area contributed by atoms with Crippen molar-refractivity contribution >= 4 is 0 Å². The van der Waals surface area contributed by atoms with Crippen molar-refractivity contribution in [2.75, 3.05) is 0 Å². The lowest BCUT2D eigenvalue weighted by atomic mass is 11.5. The number of rotatable bonds is 73. The van der Waals surface area contributed by atoms with Crippen LogP contribution in [0.3, 0.4) is 0 Å². The largest absolute Gasteiger partial charge is 0.227 e. The van der Waals surface area contributed by atoms with Crippen molar-refractivity contribution in [3.05, 3.63) is 0 Å². The molecule has 1 N–H and O–H groups in total. The lowest BCUT2D eigenvalue weighted by Crippen LogP contribution is -1.52. The Morgan fingerprint density at radius 1 is 0.0667 bits per heavy atom. The van der Waals surface area contributed by atoms with Gasteiger partial charge in [-0.05, 0) is 88.7 Å². The van der Waals surface area contributed by atoms with Crippen molar-refractivity contribution in [2.24, 2.45) is 768 Å². The van der Waals surface area contributed by atoms with E-state index in [-0.39, 0.29) is 0 Å². The summed E-state index contributed by atoms with van der Waals surface area (Å²) >= 11 is 0. The molecule has 0 aromatic heterocycles. The van der Waals surface area contributed by atoms with Crippen LogP contribution < -0.4 is 0 Å². The Bertz CT molecular complexity index is 5450. The van der Waals surface area contributed by atoms with Gasteiger partial charge in [0.15, 0.2) is 0 Å². The molecule has 0 aromatic rings. The van der Waals surface area contributed by atoms with Crippen molar-refractivity contribution in [2.45, 2.75) is 0 Å². The summed E-state index contributed by atoms with van der Waals surface area (Å²) in [6, 6.07) is 0. The molecule has 0 bridgehead atoms. The fourth-order valence-electron chi connectivity index (χ4n) is 2.62. The highest BCUT2D eigenvalue weighted by Crippen LogP contribution is 2.03. The first-order valence-electron chi connectivity index (χ1n) is 29.9. The second-order valence-electron chi connectivity index (χ2n) is 13.3. The van der Waals surface area contributed by atoms with Crippen LogP contribution >= 0.6 is 0 Å². The minimum absolute atomic E-state index is 1.31. The van der Waals surface area contributed by atoms with Gasteiger partial charge in [0.2, 0.25) is 6.19 Å². The van der Waals surface area contributed by atoms with Crippen molar-refractivity contribution in [1.29, 1.82) is 10.8 Å². The third kappa shape index (κ3) is 118. The van der Waals surface area contributed by atoms with E-state index in [1.54, 1.807) is 0 Å². The normalized spacial score (nSPS) is 15.7. The summed E-state index contributed by atoms with van der Waals surface area (Å²) in [6.45, 7) is 0. The molecular formula is CHN149. The zero-order chi connectivity index (χ0) is 107. The Labute approximate surface area is 784 Å². The molecule has 0 radical (unpaired) electrons. The number of hydrogen-bond donors (Lipinski definition) is 1. The molecule has 149 heteroatoms. The van der Waals surface area contributed by atoms with Crippen LogP contribution in [0.4, 0.5) is 0 Å². The summed E-state index contributed by atoms with van der Waals surface area (Å²) in [5.41, 5.74) is 6.28. The van der Waals surface area contributed by atoms with Crippen LogP contribution in [0.25, 0.3) is 0 Å². The van der Waals surface area contributed by atoms with Crippen molar-refractivity contribution < 1.29 is 0 Å². The average Bonchev–Trinajstić information content (AvgIpc) is 1.12. The van der Waals surface area contributed by atoms with Gasteiger partial charge < -0.3 is 0 Å². The molecule has 0 amide bonds. The molecule has 149 nitrogen and oxygen atoms in total. The van der Waals surface area contributed by atoms with Gasteiger partial charge in [-0.25, -0.2) is 0 Å². The monoisotopic (exact) mass is 2100 g/mol. The van der Waals surface area contributed by atoms with E-state index in [1.807, 2.05) is 0 Å². The molecule has 0 aliphatic heterocycles. The van der Waals surface area contributed by atoms with Gasteiger partial charge in [0.05, 0.1) is 0 Å². The number of nitriles is 1. The Kier molecular flexibility index (Phi) is 95.0. The van der Waals surface area contributed by atoms with Gasteiger partial charge in [-0.1, -0.05) is 0 Å². The van der Waals surface area contributed by atoms with E-state index in [9.17, 15) is 0 Å². The molecule has 0 fully saturated rings. The fraction of sp³-hybridized carbons (Fsp3) is 0. The highest BCUT2D eigenvalue weighted by Gasteiger charge is 1.85. The summed E-state index contributed by atoms with van der Waals surface area (Å²) in [4.78, 5) is 0. The van der Waals surface area contributed by atoms with Gasteiger partial charge in [0, 0.05) is 679 Å². The maximum Gasteiger partial charge on any atom is 0.227 e. The quantitative estimate of drug-likeness (QED) is 0.0346. The van der Waals surface area contributed by atoms with E-state index in [1.165, 1.54) is 6.19 Å². The zero-order valence-electron chi connectivity index (χ0n) is 67.2. The maximum absolute atomic E-state index is 8.04. The minimum Gasteiger partial charge on any atom is -0.183 e. The molecule has 0 aliphatic carbocycles. The lowest BCUT2D eigenvalue weighted by Gasteiger charge is -1.71. The van der Waals surface area contributed by atoms with Gasteiger partial charge in [-0.15, -0.1) is 0 Å². The van der Waals surface area contributed by atoms with E-state index in [0.717, 1.165) is 0 Å². The Morgan fingerprint density at radius 3 is 0.147 bits per heavy atom. The molecule has 0 saturated carbocycles. The highest BCUT2D eigenvalue weighted by molar-refractivity contribution is 4.56. The predicted octanol–water partition coefficient (Wildman–Crippen LogP) is 27.3. The topological polar surface area (TPSA) is 1860 Å². The maximum atomic E-state index is 8.04. The van der Waals surface area contributed by atoms with Gasteiger partial charge in [0.1, 0.15) is 0 Å². The van der Waals surface area contributed by atoms with E-state index in [4.69, 9.17) is 10.8 Å². The molecule has 0 atom stereocenters. The average molecular weight is 2100 g/mol. The molecule has 0 aromatic carbocycles. The first-order chi connectivity index (χ1) is 74.9. The van der Waals surface area contributed by atoms with Crippen LogP contribution in [0.15, 0.2) is 768 Å². The van der Waals surface area contributed by atoms with Crippen molar-refractivity contribution in [3.8, 4) is 6.19 Å². The third-order valence-corrected chi connectivity index (χ3v) is 5.89. The fourth-order valence-corrected chi connectivity index (χ4v) is 2.62. The molecule has 0 spiro atoms. The van der Waals surface area contributed by atoms with Crippen LogP contribution in [-0.2, 0) is 0 Å². The molecule has 0 aliphatic rings. The SMILES string of the molecule is N#CN=N/N=N/N=N/N=N/N=N/N=N/N=N/N=N/N=N/N=N/N=N/N=N/N=N/N=N/N=N/N=N/N=N/N=N/N=N/N=N/N=N/N=N/N=N/N=N/N=N/N=N/N=N/N=N/N=N/N=N/N=N/N=N/N=N/N=N/N=N/N=N/N=N/N=N/N=N/N=N/N=N/N=N/N=N/N=N/N=N/N=N/N=N/N=N/N=N/N=N/N=N/N=N/N=N/N=N/N=N/N=N/N=N/N=N/N=N/N=N/N=N/N=N/N=N/N=N/N=N/N=N/N=N/N=N/N=N/N=N/N=N/N=N/N=N/N=N. The third-order valence-electron chi connectivity index (χ3n) is 5.89. The Balaban J connectivity index is 4.14. The first kappa shape index (κ1) is 120. The number of nitrogens with zero attached hydrogens (tertiary/aromatic N) is 148. The van der Waals surface area contributed by atoms with Crippen LogP contribution in [-0.4, -0.2) is 0 Å². The summed E-state index contributed by atoms with van der Waals surface area (Å²) in [5, 5.41) is 447. The van der Waals surface area contributed by atoms with E-state index in [2.05, 4.69) is 768 Å². The van der Waals surface area contributed by atoms with E-state index in [0.29, 0.717) is 0 Å². The Hall–Kier alpha value is -30.1. The molecule has 0 unspecified atom stereocenters. The second kappa shape index (κ2) is 119. The molecule has 0 heterocycles. The Morgan fingerprint density at radius 2 is 0.107 bits per heavy atom. The van der Waals surface area contributed by atoms with Gasteiger partial charge in [0.25, 0.3) is 0 Å². The van der Waals surface area contributed by atoms with Crippen LogP contribution in [0, 0.1) is 17.0 Å². The number of nitrogens with one attached hydrogen (secondary N) is 1. The summed E-state index contributed by atoms with van der Waals surface area (Å²) in [6.07, 6.45) is 1.31. The second-order valence-corrected chi connectivity index (χ2v) is 13.3. The van der Waals surface area contributed by atoms with Gasteiger partial charge >= 0.3 is 0 Å². The lowest BCUT2D eigenvalue weighted by molar-refractivity contribution is 0.722. The summed E-state index contributed by atoms with van der Waals surface area (Å²) in [7, 11) is 0. The zero-order valence-corrected chi connectivity index (χ0v) is 67.2. The molecule has 0 rings (SSSR count). The molecule has 0 saturated heterocycles. The van der Waals surface area contributed by atoms with Crippen LogP contribution in [0.5, 0.6) is 0 Å². The van der Waals surface area contributed by atoms with Crippen LogP contribution in [0.2, 0.25) is 0 Å². The van der Waals surface area contributed by atoms with E-state index >= 15 is 0 Å². The smallest absolute Gasteiger partial charge is 0.183 e. The van der Waals surface area contributed by atoms with Crippen molar-refractivity contribution in [1.82, 2.24) is 0 Å². The van der Waals surface area contributed by atoms with E-state index < -0.39 is 0 Å². The summed E-state index contributed by atoms with van der Waals surface area (Å²) < 4.78 is 0. The number of hydrogen-bond acceptors (Lipinski definition) is 3. The molecule has 750 valence electrons. The summed E-state index contributed by atoms with van der Waals surface area (Å²) in [5.74, 6) is 0.